The lowest BCUT2D eigenvalue weighted by Crippen LogP contribution is -2.25. The molecule has 1 N–H and O–H groups in total. The zero-order valence-electron chi connectivity index (χ0n) is 9.76. The van der Waals surface area contributed by atoms with Gasteiger partial charge in [0.05, 0.1) is 10.0 Å². The van der Waals surface area contributed by atoms with Crippen LogP contribution in [-0.2, 0) is 0 Å². The second-order valence-electron chi connectivity index (χ2n) is 5.29. The monoisotopic (exact) mass is 269 g/mol. The molecule has 1 aliphatic heterocycles. The summed E-state index contributed by atoms with van der Waals surface area (Å²) in [5, 5.41) is 4.88. The Morgan fingerprint density at radius 2 is 1.94 bits per heavy atom. The Kier molecular flexibility index (Phi) is 3.34. The van der Waals surface area contributed by atoms with Crippen molar-refractivity contribution >= 4 is 23.2 Å². The Morgan fingerprint density at radius 1 is 1.06 bits per heavy atom. The van der Waals surface area contributed by atoms with Crippen LogP contribution in [0.15, 0.2) is 18.2 Å². The van der Waals surface area contributed by atoms with Crippen LogP contribution >= 0.6 is 23.2 Å². The fraction of sp³-hybridized carbons (Fsp3) is 0.571. The van der Waals surface area contributed by atoms with E-state index >= 15 is 0 Å². The van der Waals surface area contributed by atoms with Gasteiger partial charge in [0.25, 0.3) is 0 Å². The first-order chi connectivity index (χ1) is 8.25. The average Bonchev–Trinajstić information content (AvgIpc) is 2.80. The van der Waals surface area contributed by atoms with Crippen LogP contribution in [0, 0.1) is 11.8 Å². The number of rotatable bonds is 1. The highest BCUT2D eigenvalue weighted by molar-refractivity contribution is 6.42. The standard InChI is InChI=1S/C14H17Cl2N/c15-13-5-4-9(6-14(13)16)11-3-1-2-10-7-17-8-12(10)11/h4-6,10-12,17H,1-3,7-8H2. The van der Waals surface area contributed by atoms with Crippen LogP contribution in [0.1, 0.15) is 30.7 Å². The van der Waals surface area contributed by atoms with Crippen molar-refractivity contribution in [2.24, 2.45) is 11.8 Å². The maximum absolute atomic E-state index is 6.13. The molecule has 2 aliphatic rings. The summed E-state index contributed by atoms with van der Waals surface area (Å²) < 4.78 is 0. The minimum atomic E-state index is 0.660. The van der Waals surface area contributed by atoms with Gasteiger partial charge in [-0.1, -0.05) is 35.7 Å². The van der Waals surface area contributed by atoms with Gasteiger partial charge in [0, 0.05) is 0 Å². The third-order valence-corrected chi connectivity index (χ3v) is 5.11. The Morgan fingerprint density at radius 3 is 2.76 bits per heavy atom. The Balaban J connectivity index is 1.89. The van der Waals surface area contributed by atoms with Crippen molar-refractivity contribution in [2.75, 3.05) is 13.1 Å². The summed E-state index contributed by atoms with van der Waals surface area (Å²) in [5.41, 5.74) is 1.37. The predicted molar refractivity (Wildman–Crippen MR) is 72.9 cm³/mol. The molecule has 0 amide bonds. The highest BCUT2D eigenvalue weighted by Gasteiger charge is 2.37. The van der Waals surface area contributed by atoms with Crippen LogP contribution in [0.5, 0.6) is 0 Å². The van der Waals surface area contributed by atoms with Crippen molar-refractivity contribution in [1.82, 2.24) is 5.32 Å². The lowest BCUT2D eigenvalue weighted by Gasteiger charge is -2.33. The van der Waals surface area contributed by atoms with E-state index in [0.29, 0.717) is 16.0 Å². The van der Waals surface area contributed by atoms with Gasteiger partial charge in [-0.05, 0) is 61.4 Å². The van der Waals surface area contributed by atoms with Gasteiger partial charge in [-0.25, -0.2) is 0 Å². The molecule has 3 atom stereocenters. The molecule has 2 fully saturated rings. The maximum atomic E-state index is 6.13. The van der Waals surface area contributed by atoms with E-state index in [4.69, 9.17) is 23.2 Å². The van der Waals surface area contributed by atoms with Gasteiger partial charge in [0.2, 0.25) is 0 Å². The summed E-state index contributed by atoms with van der Waals surface area (Å²) in [6.45, 7) is 2.36. The van der Waals surface area contributed by atoms with Crippen molar-refractivity contribution in [2.45, 2.75) is 25.2 Å². The first-order valence-corrected chi connectivity index (χ1v) is 7.17. The summed E-state index contributed by atoms with van der Waals surface area (Å²) >= 11 is 12.1. The maximum Gasteiger partial charge on any atom is 0.0595 e. The van der Waals surface area contributed by atoms with Crippen LogP contribution in [-0.4, -0.2) is 13.1 Å². The summed E-state index contributed by atoms with van der Waals surface area (Å²) in [7, 11) is 0. The molecule has 92 valence electrons. The average molecular weight is 270 g/mol. The molecular formula is C14H17Cl2N. The number of nitrogens with one attached hydrogen (secondary N) is 1. The molecule has 3 rings (SSSR count). The third kappa shape index (κ3) is 2.21. The van der Waals surface area contributed by atoms with Crippen LogP contribution in [0.4, 0.5) is 0 Å². The van der Waals surface area contributed by atoms with Gasteiger partial charge in [0.1, 0.15) is 0 Å². The van der Waals surface area contributed by atoms with Gasteiger partial charge in [0.15, 0.2) is 0 Å². The third-order valence-electron chi connectivity index (χ3n) is 4.37. The van der Waals surface area contributed by atoms with Crippen molar-refractivity contribution in [3.05, 3.63) is 33.8 Å². The quantitative estimate of drug-likeness (QED) is 0.810. The largest absolute Gasteiger partial charge is 0.316 e. The molecule has 17 heavy (non-hydrogen) atoms. The summed E-state index contributed by atoms with van der Waals surface area (Å²) in [5.74, 6) is 2.32. The Bertz CT molecular complexity index is 419. The van der Waals surface area contributed by atoms with E-state index in [9.17, 15) is 0 Å². The van der Waals surface area contributed by atoms with Gasteiger partial charge >= 0.3 is 0 Å². The van der Waals surface area contributed by atoms with E-state index in [1.54, 1.807) is 0 Å². The topological polar surface area (TPSA) is 12.0 Å². The van der Waals surface area contributed by atoms with E-state index < -0.39 is 0 Å². The first kappa shape index (κ1) is 11.8. The van der Waals surface area contributed by atoms with Gasteiger partial charge in [-0.3, -0.25) is 0 Å². The zero-order valence-corrected chi connectivity index (χ0v) is 11.3. The summed E-state index contributed by atoms with van der Waals surface area (Å²) in [4.78, 5) is 0. The Labute approximate surface area is 112 Å². The zero-order chi connectivity index (χ0) is 11.8. The molecule has 1 nitrogen and oxygen atoms in total. The van der Waals surface area contributed by atoms with E-state index in [1.807, 2.05) is 6.07 Å². The van der Waals surface area contributed by atoms with E-state index in [-0.39, 0.29) is 0 Å². The molecule has 1 saturated carbocycles. The Hall–Kier alpha value is -0.240. The van der Waals surface area contributed by atoms with Crippen LogP contribution in [0.2, 0.25) is 10.0 Å². The first-order valence-electron chi connectivity index (χ1n) is 6.41. The van der Waals surface area contributed by atoms with E-state index in [2.05, 4.69) is 17.4 Å². The highest BCUT2D eigenvalue weighted by Crippen LogP contribution is 2.43. The van der Waals surface area contributed by atoms with Crippen molar-refractivity contribution in [1.29, 1.82) is 0 Å². The molecule has 1 aromatic carbocycles. The molecule has 3 heteroatoms. The number of halogens is 2. The van der Waals surface area contributed by atoms with Gasteiger partial charge < -0.3 is 5.32 Å². The molecular weight excluding hydrogens is 253 g/mol. The molecule has 1 saturated heterocycles. The molecule has 0 aromatic heterocycles. The molecule has 0 bridgehead atoms. The molecule has 1 aliphatic carbocycles. The minimum Gasteiger partial charge on any atom is -0.316 e. The minimum absolute atomic E-state index is 0.660. The fourth-order valence-electron chi connectivity index (χ4n) is 3.51. The normalized spacial score (nSPS) is 32.5. The van der Waals surface area contributed by atoms with Crippen LogP contribution < -0.4 is 5.32 Å². The number of hydrogen-bond donors (Lipinski definition) is 1. The molecule has 1 aromatic rings. The summed E-state index contributed by atoms with van der Waals surface area (Å²) in [6, 6.07) is 6.15. The van der Waals surface area contributed by atoms with Crippen molar-refractivity contribution in [3.63, 3.8) is 0 Å². The lowest BCUT2D eigenvalue weighted by atomic mass is 9.71. The molecule has 3 unspecified atom stereocenters. The van der Waals surface area contributed by atoms with Crippen molar-refractivity contribution < 1.29 is 0 Å². The molecule has 0 radical (unpaired) electrons. The molecule has 0 spiro atoms. The fourth-order valence-corrected chi connectivity index (χ4v) is 3.82. The number of benzene rings is 1. The van der Waals surface area contributed by atoms with Crippen LogP contribution in [0.3, 0.4) is 0 Å². The number of hydrogen-bond acceptors (Lipinski definition) is 1. The SMILES string of the molecule is Clc1ccc(C2CCCC3CNCC32)cc1Cl. The number of fused-ring (bicyclic) bond motifs is 1. The summed E-state index contributed by atoms with van der Waals surface area (Å²) in [6.07, 6.45) is 4.02. The van der Waals surface area contributed by atoms with Crippen molar-refractivity contribution in [3.8, 4) is 0 Å². The van der Waals surface area contributed by atoms with Gasteiger partial charge in [-0.15, -0.1) is 0 Å². The van der Waals surface area contributed by atoms with E-state index in [1.165, 1.54) is 31.4 Å². The second-order valence-corrected chi connectivity index (χ2v) is 6.11. The molecule has 1 heterocycles. The second kappa shape index (κ2) is 4.79. The smallest absolute Gasteiger partial charge is 0.0595 e. The predicted octanol–water partition coefficient (Wildman–Crippen LogP) is 4.10. The van der Waals surface area contributed by atoms with Crippen LogP contribution in [0.25, 0.3) is 0 Å². The van der Waals surface area contributed by atoms with E-state index in [0.717, 1.165) is 18.4 Å². The van der Waals surface area contributed by atoms with Gasteiger partial charge in [-0.2, -0.15) is 0 Å². The highest BCUT2D eigenvalue weighted by atomic mass is 35.5. The lowest BCUT2D eigenvalue weighted by molar-refractivity contribution is 0.258.